The number of aliphatic hydroxyl groups excluding tert-OH is 2. The summed E-state index contributed by atoms with van der Waals surface area (Å²) in [6.07, 6.45) is 1.58. The molecule has 5 N–H and O–H groups in total. The molecule has 94 valence electrons. The topological polar surface area (TPSA) is 98.8 Å². The van der Waals surface area contributed by atoms with E-state index in [0.29, 0.717) is 13.1 Å². The van der Waals surface area contributed by atoms with Gasteiger partial charge in [-0.2, -0.15) is 0 Å². The Labute approximate surface area is 95.4 Å². The Morgan fingerprint density at radius 1 is 1.44 bits per heavy atom. The predicted molar refractivity (Wildman–Crippen MR) is 59.9 cm³/mol. The molecular formula is C10H21N3O3. The van der Waals surface area contributed by atoms with Crippen LogP contribution in [0.3, 0.4) is 0 Å². The number of likely N-dealkylation sites (tertiary alicyclic amines) is 1. The lowest BCUT2D eigenvalue weighted by Gasteiger charge is -2.37. The summed E-state index contributed by atoms with van der Waals surface area (Å²) in [7, 11) is 0. The molecule has 2 amide bonds. The molecule has 0 saturated carbocycles. The number of primary amides is 1. The van der Waals surface area contributed by atoms with Crippen LogP contribution in [0.1, 0.15) is 19.8 Å². The van der Waals surface area contributed by atoms with E-state index in [4.69, 9.17) is 15.9 Å². The quantitative estimate of drug-likeness (QED) is 0.491. The first-order chi connectivity index (χ1) is 7.50. The highest BCUT2D eigenvalue weighted by Gasteiger charge is 2.28. The van der Waals surface area contributed by atoms with Crippen LogP contribution in [-0.2, 0) is 0 Å². The molecule has 0 aromatic heterocycles. The zero-order valence-corrected chi connectivity index (χ0v) is 9.65. The van der Waals surface area contributed by atoms with Crippen LogP contribution in [-0.4, -0.2) is 59.0 Å². The average Bonchev–Trinajstić information content (AvgIpc) is 2.29. The van der Waals surface area contributed by atoms with Crippen LogP contribution in [0, 0.1) is 0 Å². The Morgan fingerprint density at radius 3 is 2.31 bits per heavy atom. The zero-order chi connectivity index (χ0) is 12.2. The molecule has 0 radical (unpaired) electrons. The average molecular weight is 231 g/mol. The number of urea groups is 1. The van der Waals surface area contributed by atoms with Crippen molar-refractivity contribution in [3.63, 3.8) is 0 Å². The van der Waals surface area contributed by atoms with E-state index in [1.165, 1.54) is 0 Å². The van der Waals surface area contributed by atoms with Gasteiger partial charge in [0.05, 0.1) is 18.8 Å². The molecule has 1 fully saturated rings. The number of piperidine rings is 1. The SMILES string of the molecule is CC(CO)(CO)NC1CCN(C(N)=O)CC1. The van der Waals surface area contributed by atoms with E-state index < -0.39 is 5.54 Å². The number of hydrogen-bond acceptors (Lipinski definition) is 4. The maximum Gasteiger partial charge on any atom is 0.314 e. The Kier molecular flexibility index (Phi) is 4.52. The molecule has 0 aliphatic carbocycles. The van der Waals surface area contributed by atoms with Gasteiger partial charge in [-0.05, 0) is 19.8 Å². The third kappa shape index (κ3) is 3.33. The van der Waals surface area contributed by atoms with Crippen LogP contribution in [0.25, 0.3) is 0 Å². The number of rotatable bonds is 4. The van der Waals surface area contributed by atoms with Crippen LogP contribution in [0.5, 0.6) is 0 Å². The lowest BCUT2D eigenvalue weighted by Crippen LogP contribution is -2.56. The number of carbonyl (C=O) groups excluding carboxylic acids is 1. The molecule has 1 heterocycles. The number of aliphatic hydroxyl groups is 2. The molecule has 6 nitrogen and oxygen atoms in total. The monoisotopic (exact) mass is 231 g/mol. The van der Waals surface area contributed by atoms with Gasteiger partial charge in [-0.1, -0.05) is 0 Å². The van der Waals surface area contributed by atoms with Crippen LogP contribution in [0.4, 0.5) is 4.79 Å². The second-order valence-electron chi connectivity index (χ2n) is 4.62. The van der Waals surface area contributed by atoms with Gasteiger partial charge in [-0.25, -0.2) is 4.79 Å². The van der Waals surface area contributed by atoms with Gasteiger partial charge in [0.25, 0.3) is 0 Å². The molecule has 0 atom stereocenters. The minimum Gasteiger partial charge on any atom is -0.394 e. The standard InChI is InChI=1S/C10H21N3O3/c1-10(6-14,7-15)12-8-2-4-13(5-3-8)9(11)16/h8,12,14-15H,2-7H2,1H3,(H2,11,16). The van der Waals surface area contributed by atoms with Crippen molar-refractivity contribution in [3.05, 3.63) is 0 Å². The third-order valence-corrected chi connectivity index (χ3v) is 3.06. The fraction of sp³-hybridized carbons (Fsp3) is 0.900. The minimum absolute atomic E-state index is 0.112. The fourth-order valence-corrected chi connectivity index (χ4v) is 1.88. The Hall–Kier alpha value is -0.850. The van der Waals surface area contributed by atoms with Gasteiger partial charge in [-0.15, -0.1) is 0 Å². The van der Waals surface area contributed by atoms with E-state index >= 15 is 0 Å². The fourth-order valence-electron chi connectivity index (χ4n) is 1.88. The Bertz CT molecular complexity index is 235. The minimum atomic E-state index is -0.653. The summed E-state index contributed by atoms with van der Waals surface area (Å²) >= 11 is 0. The van der Waals surface area contributed by atoms with E-state index in [1.807, 2.05) is 0 Å². The first-order valence-corrected chi connectivity index (χ1v) is 5.54. The number of nitrogens with zero attached hydrogens (tertiary/aromatic N) is 1. The van der Waals surface area contributed by atoms with Crippen LogP contribution >= 0.6 is 0 Å². The Balaban J connectivity index is 2.40. The van der Waals surface area contributed by atoms with Crippen molar-refractivity contribution in [3.8, 4) is 0 Å². The number of hydrogen-bond donors (Lipinski definition) is 4. The molecule has 1 rings (SSSR count). The van der Waals surface area contributed by atoms with Gasteiger partial charge in [0, 0.05) is 19.1 Å². The number of nitrogens with two attached hydrogens (primary N) is 1. The molecule has 1 aliphatic rings. The molecule has 6 heteroatoms. The molecule has 0 unspecified atom stereocenters. The van der Waals surface area contributed by atoms with Crippen molar-refractivity contribution in [2.45, 2.75) is 31.3 Å². The third-order valence-electron chi connectivity index (χ3n) is 3.06. The lowest BCUT2D eigenvalue weighted by molar-refractivity contribution is 0.0831. The van der Waals surface area contributed by atoms with Gasteiger partial charge < -0.3 is 26.2 Å². The second kappa shape index (κ2) is 5.47. The number of amides is 2. The van der Waals surface area contributed by atoms with Crippen molar-refractivity contribution >= 4 is 6.03 Å². The molecule has 0 bridgehead atoms. The van der Waals surface area contributed by atoms with Crippen LogP contribution in [0.15, 0.2) is 0 Å². The van der Waals surface area contributed by atoms with Gasteiger partial charge in [0.2, 0.25) is 0 Å². The molecule has 0 aromatic carbocycles. The van der Waals surface area contributed by atoms with Crippen molar-refractivity contribution in [2.24, 2.45) is 5.73 Å². The molecule has 0 aromatic rings. The highest BCUT2D eigenvalue weighted by Crippen LogP contribution is 2.13. The normalized spacial score (nSPS) is 18.8. The smallest absolute Gasteiger partial charge is 0.314 e. The molecule has 16 heavy (non-hydrogen) atoms. The van der Waals surface area contributed by atoms with Crippen molar-refractivity contribution in [2.75, 3.05) is 26.3 Å². The number of nitrogens with one attached hydrogen (secondary N) is 1. The summed E-state index contributed by atoms with van der Waals surface area (Å²) in [5.74, 6) is 0. The number of carbonyl (C=O) groups is 1. The summed E-state index contributed by atoms with van der Waals surface area (Å²) in [4.78, 5) is 12.5. The van der Waals surface area contributed by atoms with Gasteiger partial charge in [0.1, 0.15) is 0 Å². The maximum absolute atomic E-state index is 10.9. The van der Waals surface area contributed by atoms with E-state index in [1.54, 1.807) is 11.8 Å². The summed E-state index contributed by atoms with van der Waals surface area (Å²) in [6, 6.07) is -0.176. The van der Waals surface area contributed by atoms with Gasteiger partial charge in [-0.3, -0.25) is 0 Å². The van der Waals surface area contributed by atoms with E-state index in [9.17, 15) is 4.79 Å². The van der Waals surface area contributed by atoms with E-state index in [-0.39, 0.29) is 25.3 Å². The van der Waals surface area contributed by atoms with Crippen LogP contribution < -0.4 is 11.1 Å². The highest BCUT2D eigenvalue weighted by atomic mass is 16.3. The predicted octanol–water partition coefficient (Wildman–Crippen LogP) is -1.14. The van der Waals surface area contributed by atoms with Gasteiger partial charge in [0.15, 0.2) is 0 Å². The maximum atomic E-state index is 10.9. The highest BCUT2D eigenvalue weighted by molar-refractivity contribution is 5.72. The van der Waals surface area contributed by atoms with E-state index in [0.717, 1.165) is 12.8 Å². The first-order valence-electron chi connectivity index (χ1n) is 5.54. The lowest BCUT2D eigenvalue weighted by atomic mass is 9.98. The Morgan fingerprint density at radius 2 is 1.94 bits per heavy atom. The summed E-state index contributed by atoms with van der Waals surface area (Å²) in [6.45, 7) is 2.80. The van der Waals surface area contributed by atoms with Crippen LogP contribution in [0.2, 0.25) is 0 Å². The molecular weight excluding hydrogens is 210 g/mol. The largest absolute Gasteiger partial charge is 0.394 e. The summed E-state index contributed by atoms with van der Waals surface area (Å²) in [5.41, 5.74) is 4.53. The van der Waals surface area contributed by atoms with Crippen molar-refractivity contribution in [1.29, 1.82) is 0 Å². The van der Waals surface area contributed by atoms with E-state index in [2.05, 4.69) is 5.32 Å². The molecule has 1 saturated heterocycles. The summed E-state index contributed by atoms with van der Waals surface area (Å²) in [5, 5.41) is 21.5. The van der Waals surface area contributed by atoms with Gasteiger partial charge >= 0.3 is 6.03 Å². The summed E-state index contributed by atoms with van der Waals surface area (Å²) < 4.78 is 0. The molecule has 1 aliphatic heterocycles. The first kappa shape index (κ1) is 13.2. The zero-order valence-electron chi connectivity index (χ0n) is 9.65. The second-order valence-corrected chi connectivity index (χ2v) is 4.62. The van der Waals surface area contributed by atoms with Crippen molar-refractivity contribution < 1.29 is 15.0 Å². The van der Waals surface area contributed by atoms with Crippen molar-refractivity contribution in [1.82, 2.24) is 10.2 Å². The molecule has 0 spiro atoms.